The van der Waals surface area contributed by atoms with Crippen molar-refractivity contribution in [1.82, 2.24) is 10.1 Å². The number of aryl methyl sites for hydroxylation is 3. The minimum atomic E-state index is -3.78. The summed E-state index contributed by atoms with van der Waals surface area (Å²) in [5, 5.41) is 6.86. The van der Waals surface area contributed by atoms with Crippen LogP contribution in [0.5, 0.6) is 0 Å². The van der Waals surface area contributed by atoms with Crippen LogP contribution >= 0.6 is 0 Å². The van der Waals surface area contributed by atoms with Crippen LogP contribution in [0.4, 0.5) is 17.2 Å². The Hall–Kier alpha value is -2.87. The van der Waals surface area contributed by atoms with Gasteiger partial charge in [0.05, 0.1) is 11.9 Å². The third-order valence-electron chi connectivity index (χ3n) is 3.89. The highest BCUT2D eigenvalue weighted by Crippen LogP contribution is 2.23. The highest BCUT2D eigenvalue weighted by atomic mass is 32.2. The van der Waals surface area contributed by atoms with Gasteiger partial charge in [-0.25, -0.2) is 13.4 Å². The number of pyridine rings is 1. The number of nitrogens with one attached hydrogen (secondary N) is 2. The zero-order valence-corrected chi connectivity index (χ0v) is 15.6. The van der Waals surface area contributed by atoms with Gasteiger partial charge in [-0.3, -0.25) is 4.72 Å². The Balaban J connectivity index is 1.73. The highest BCUT2D eigenvalue weighted by molar-refractivity contribution is 7.92. The number of sulfonamides is 1. The van der Waals surface area contributed by atoms with Crippen LogP contribution in [0.25, 0.3) is 0 Å². The first-order valence-electron chi connectivity index (χ1n) is 8.17. The van der Waals surface area contributed by atoms with Gasteiger partial charge in [-0.15, -0.1) is 0 Å². The first-order chi connectivity index (χ1) is 12.4. The highest BCUT2D eigenvalue weighted by Gasteiger charge is 2.24. The summed E-state index contributed by atoms with van der Waals surface area (Å²) in [5.41, 5.74) is 2.85. The molecule has 0 saturated heterocycles. The van der Waals surface area contributed by atoms with Crippen LogP contribution in [-0.2, 0) is 16.4 Å². The van der Waals surface area contributed by atoms with Gasteiger partial charge in [0.2, 0.25) is 0 Å². The van der Waals surface area contributed by atoms with Gasteiger partial charge in [-0.05, 0) is 50.1 Å². The number of nitrogens with zero attached hydrogens (tertiary/aromatic N) is 2. The van der Waals surface area contributed by atoms with Gasteiger partial charge in [0, 0.05) is 5.69 Å². The van der Waals surface area contributed by atoms with Crippen molar-refractivity contribution in [2.24, 2.45) is 0 Å². The second-order valence-corrected chi connectivity index (χ2v) is 7.49. The fourth-order valence-corrected chi connectivity index (χ4v) is 3.94. The van der Waals surface area contributed by atoms with Crippen molar-refractivity contribution in [2.45, 2.75) is 32.1 Å². The van der Waals surface area contributed by atoms with E-state index >= 15 is 0 Å². The standard InChI is InChI=1S/C18H20N4O3S/c1-4-14-5-7-15(8-6-14)20-17-10-9-16(11-19-17)22-26(23,24)18-12(2)21-25-13(18)3/h5-11,22H,4H2,1-3H3,(H,19,20). The Bertz CT molecular complexity index is 974. The summed E-state index contributed by atoms with van der Waals surface area (Å²) in [6.45, 7) is 5.25. The summed E-state index contributed by atoms with van der Waals surface area (Å²) >= 11 is 0. The number of hydrogen-bond acceptors (Lipinski definition) is 6. The van der Waals surface area contributed by atoms with Gasteiger partial charge >= 0.3 is 0 Å². The van der Waals surface area contributed by atoms with E-state index in [4.69, 9.17) is 4.52 Å². The smallest absolute Gasteiger partial charge is 0.267 e. The maximum Gasteiger partial charge on any atom is 0.267 e. The summed E-state index contributed by atoms with van der Waals surface area (Å²) in [7, 11) is -3.78. The van der Waals surface area contributed by atoms with Gasteiger partial charge in [0.25, 0.3) is 10.0 Å². The van der Waals surface area contributed by atoms with Crippen LogP contribution in [0.3, 0.4) is 0 Å². The second kappa shape index (κ2) is 7.17. The van der Waals surface area contributed by atoms with E-state index in [1.54, 1.807) is 26.0 Å². The van der Waals surface area contributed by atoms with E-state index in [0.29, 0.717) is 17.2 Å². The molecule has 2 N–H and O–H groups in total. The third kappa shape index (κ3) is 3.85. The number of rotatable bonds is 6. The summed E-state index contributed by atoms with van der Waals surface area (Å²) < 4.78 is 32.4. The lowest BCUT2D eigenvalue weighted by Gasteiger charge is -2.09. The van der Waals surface area contributed by atoms with Crippen LogP contribution in [0.1, 0.15) is 23.9 Å². The van der Waals surface area contributed by atoms with Gasteiger partial charge in [0.15, 0.2) is 10.7 Å². The predicted octanol–water partition coefficient (Wildman–Crippen LogP) is 3.79. The molecule has 0 saturated carbocycles. The first-order valence-corrected chi connectivity index (χ1v) is 9.65. The van der Waals surface area contributed by atoms with Crippen LogP contribution in [0.15, 0.2) is 52.0 Å². The van der Waals surface area contributed by atoms with Crippen molar-refractivity contribution in [2.75, 3.05) is 10.0 Å². The molecule has 0 aliphatic heterocycles. The molecule has 136 valence electrons. The molecule has 1 aromatic carbocycles. The molecular formula is C18H20N4O3S. The molecule has 0 bridgehead atoms. The lowest BCUT2D eigenvalue weighted by atomic mass is 10.1. The summed E-state index contributed by atoms with van der Waals surface area (Å²) in [5.74, 6) is 0.867. The maximum absolute atomic E-state index is 12.5. The van der Waals surface area contributed by atoms with Crippen molar-refractivity contribution in [3.05, 3.63) is 59.6 Å². The van der Waals surface area contributed by atoms with Crippen LogP contribution in [-0.4, -0.2) is 18.6 Å². The summed E-state index contributed by atoms with van der Waals surface area (Å²) in [6.07, 6.45) is 2.44. The molecule has 0 aliphatic carbocycles. The quantitative estimate of drug-likeness (QED) is 0.683. The van der Waals surface area contributed by atoms with Crippen molar-refractivity contribution in [3.63, 3.8) is 0 Å². The zero-order valence-electron chi connectivity index (χ0n) is 14.8. The molecule has 3 rings (SSSR count). The number of aromatic nitrogens is 2. The number of benzene rings is 1. The van der Waals surface area contributed by atoms with Crippen molar-refractivity contribution in [1.29, 1.82) is 0 Å². The molecule has 0 unspecified atom stereocenters. The van der Waals surface area contributed by atoms with E-state index in [2.05, 4.69) is 39.2 Å². The Kier molecular flexibility index (Phi) is 4.94. The lowest BCUT2D eigenvalue weighted by molar-refractivity contribution is 0.390. The molecule has 0 atom stereocenters. The summed E-state index contributed by atoms with van der Waals surface area (Å²) in [6, 6.07) is 11.4. The molecule has 0 spiro atoms. The normalized spacial score (nSPS) is 11.3. The third-order valence-corrected chi connectivity index (χ3v) is 5.51. The van der Waals surface area contributed by atoms with Gasteiger partial charge < -0.3 is 9.84 Å². The number of anilines is 3. The van der Waals surface area contributed by atoms with Crippen LogP contribution in [0.2, 0.25) is 0 Å². The van der Waals surface area contributed by atoms with Gasteiger partial charge in [-0.1, -0.05) is 24.2 Å². The molecule has 7 nitrogen and oxygen atoms in total. The predicted molar refractivity (Wildman–Crippen MR) is 100 cm³/mol. The summed E-state index contributed by atoms with van der Waals surface area (Å²) in [4.78, 5) is 4.30. The van der Waals surface area contributed by atoms with Crippen molar-refractivity contribution < 1.29 is 12.9 Å². The van der Waals surface area contributed by atoms with Crippen LogP contribution < -0.4 is 10.0 Å². The Morgan fingerprint density at radius 1 is 1.04 bits per heavy atom. The Morgan fingerprint density at radius 2 is 1.73 bits per heavy atom. The van der Waals surface area contributed by atoms with E-state index in [-0.39, 0.29) is 10.7 Å². The molecular weight excluding hydrogens is 352 g/mol. The minimum Gasteiger partial charge on any atom is -0.360 e. The SMILES string of the molecule is CCc1ccc(Nc2ccc(NS(=O)(=O)c3c(C)noc3C)cn2)cc1. The molecule has 8 heteroatoms. The van der Waals surface area contributed by atoms with E-state index in [0.717, 1.165) is 12.1 Å². The Morgan fingerprint density at radius 3 is 2.27 bits per heavy atom. The molecule has 2 aromatic heterocycles. The van der Waals surface area contributed by atoms with E-state index in [1.807, 2.05) is 12.1 Å². The first kappa shape index (κ1) is 17.9. The fourth-order valence-electron chi connectivity index (χ4n) is 2.56. The van der Waals surface area contributed by atoms with E-state index in [1.165, 1.54) is 11.8 Å². The molecule has 2 heterocycles. The second-order valence-electron chi connectivity index (χ2n) is 5.87. The van der Waals surface area contributed by atoms with E-state index in [9.17, 15) is 8.42 Å². The molecule has 3 aromatic rings. The monoisotopic (exact) mass is 372 g/mol. The van der Waals surface area contributed by atoms with Crippen molar-refractivity contribution >= 4 is 27.2 Å². The Labute approximate surface area is 152 Å². The van der Waals surface area contributed by atoms with Crippen LogP contribution in [0, 0.1) is 13.8 Å². The molecule has 0 fully saturated rings. The van der Waals surface area contributed by atoms with Gasteiger partial charge in [-0.2, -0.15) is 0 Å². The fraction of sp³-hybridized carbons (Fsp3) is 0.222. The molecule has 0 amide bonds. The maximum atomic E-state index is 12.5. The van der Waals surface area contributed by atoms with Crippen molar-refractivity contribution in [3.8, 4) is 0 Å². The average molecular weight is 372 g/mol. The minimum absolute atomic E-state index is 0.0516. The molecule has 26 heavy (non-hydrogen) atoms. The topological polar surface area (TPSA) is 97.1 Å². The molecule has 0 radical (unpaired) electrons. The zero-order chi connectivity index (χ0) is 18.7. The number of hydrogen-bond donors (Lipinski definition) is 2. The van der Waals surface area contributed by atoms with Gasteiger partial charge in [0.1, 0.15) is 11.5 Å². The largest absolute Gasteiger partial charge is 0.360 e. The molecule has 0 aliphatic rings. The lowest BCUT2D eigenvalue weighted by Crippen LogP contribution is -2.14. The van der Waals surface area contributed by atoms with E-state index < -0.39 is 10.0 Å². The average Bonchev–Trinajstić information content (AvgIpc) is 2.96.